The van der Waals surface area contributed by atoms with E-state index in [4.69, 9.17) is 0 Å². The molecule has 2 aromatic rings. The minimum atomic E-state index is -5.08. The van der Waals surface area contributed by atoms with Crippen molar-refractivity contribution in [3.63, 3.8) is 0 Å². The summed E-state index contributed by atoms with van der Waals surface area (Å²) in [6.07, 6.45) is -5.08. The summed E-state index contributed by atoms with van der Waals surface area (Å²) in [5.74, 6) is -1.79. The highest BCUT2D eigenvalue weighted by molar-refractivity contribution is 9.10. The Hall–Kier alpha value is -1.81. The van der Waals surface area contributed by atoms with Gasteiger partial charge in [-0.3, -0.25) is 4.72 Å². The molecule has 0 saturated carbocycles. The molecular weight excluding hydrogens is 418 g/mol. The third-order valence-electron chi connectivity index (χ3n) is 2.79. The van der Waals surface area contributed by atoms with Gasteiger partial charge >= 0.3 is 6.36 Å². The summed E-state index contributed by atoms with van der Waals surface area (Å²) in [4.78, 5) is -0.774. The van der Waals surface area contributed by atoms with Crippen molar-refractivity contribution < 1.29 is 30.7 Å². The van der Waals surface area contributed by atoms with Gasteiger partial charge in [-0.05, 0) is 42.8 Å². The van der Waals surface area contributed by atoms with E-state index in [1.165, 1.54) is 18.2 Å². The van der Waals surface area contributed by atoms with Crippen molar-refractivity contribution in [2.75, 3.05) is 4.72 Å². The van der Waals surface area contributed by atoms with E-state index >= 15 is 0 Å². The van der Waals surface area contributed by atoms with Gasteiger partial charge in [0.2, 0.25) is 0 Å². The number of ether oxygens (including phenoxy) is 1. The number of hydrogen-bond acceptors (Lipinski definition) is 3. The molecular formula is C14H10BrF4NO3S. The Balaban J connectivity index is 2.47. The van der Waals surface area contributed by atoms with Gasteiger partial charge in [0.1, 0.15) is 10.7 Å². The fraction of sp³-hybridized carbons (Fsp3) is 0.143. The summed E-state index contributed by atoms with van der Waals surface area (Å²) in [5, 5.41) is 0. The Morgan fingerprint density at radius 3 is 2.42 bits per heavy atom. The predicted molar refractivity (Wildman–Crippen MR) is 82.8 cm³/mol. The summed E-state index contributed by atoms with van der Waals surface area (Å²) in [6, 6.07) is 6.68. The number of halogens is 5. The van der Waals surface area contributed by atoms with Crippen LogP contribution in [0.15, 0.2) is 45.8 Å². The number of rotatable bonds is 4. The van der Waals surface area contributed by atoms with E-state index in [-0.39, 0.29) is 10.2 Å². The Kier molecular flexibility index (Phi) is 5.09. The molecule has 0 aromatic heterocycles. The second-order valence-electron chi connectivity index (χ2n) is 4.73. The maximum absolute atomic E-state index is 13.7. The van der Waals surface area contributed by atoms with Crippen molar-refractivity contribution in [1.82, 2.24) is 0 Å². The molecule has 2 aromatic carbocycles. The lowest BCUT2D eigenvalue weighted by Gasteiger charge is -2.15. The van der Waals surface area contributed by atoms with E-state index in [9.17, 15) is 26.0 Å². The first-order valence-corrected chi connectivity index (χ1v) is 8.60. The Bertz CT molecular complexity index is 869. The highest BCUT2D eigenvalue weighted by Crippen LogP contribution is 2.33. The minimum absolute atomic E-state index is 0.183. The van der Waals surface area contributed by atoms with E-state index in [0.29, 0.717) is 5.56 Å². The van der Waals surface area contributed by atoms with Crippen LogP contribution < -0.4 is 9.46 Å². The molecule has 10 heteroatoms. The molecule has 0 bridgehead atoms. The quantitative estimate of drug-likeness (QED) is 0.725. The average molecular weight is 428 g/mol. The second-order valence-corrected chi connectivity index (χ2v) is 7.29. The Morgan fingerprint density at radius 1 is 1.12 bits per heavy atom. The molecule has 130 valence electrons. The van der Waals surface area contributed by atoms with Crippen molar-refractivity contribution in [2.45, 2.75) is 18.2 Å². The number of hydrogen-bond donors (Lipinski definition) is 1. The lowest BCUT2D eigenvalue weighted by atomic mass is 10.2. The highest BCUT2D eigenvalue weighted by Gasteiger charge is 2.34. The minimum Gasteiger partial charge on any atom is -0.404 e. The summed E-state index contributed by atoms with van der Waals surface area (Å²) in [7, 11) is -4.51. The van der Waals surface area contributed by atoms with E-state index in [0.717, 1.165) is 18.2 Å². The maximum Gasteiger partial charge on any atom is 0.573 e. The number of sulfonamides is 1. The highest BCUT2D eigenvalue weighted by atomic mass is 79.9. The molecule has 0 saturated heterocycles. The first-order chi connectivity index (χ1) is 11.0. The molecule has 0 spiro atoms. The van der Waals surface area contributed by atoms with Crippen molar-refractivity contribution in [2.24, 2.45) is 0 Å². The van der Waals surface area contributed by atoms with Gasteiger partial charge in [-0.1, -0.05) is 22.0 Å². The van der Waals surface area contributed by atoms with Crippen molar-refractivity contribution in [1.29, 1.82) is 0 Å². The summed E-state index contributed by atoms with van der Waals surface area (Å²) >= 11 is 2.94. The zero-order chi connectivity index (χ0) is 18.1. The van der Waals surface area contributed by atoms with Gasteiger partial charge in [0.25, 0.3) is 10.0 Å². The molecule has 4 nitrogen and oxygen atoms in total. The SMILES string of the molecule is Cc1ccc(F)c(NS(=O)(=O)c2ccc(Br)cc2OC(F)(F)F)c1. The summed E-state index contributed by atoms with van der Waals surface area (Å²) in [5.41, 5.74) is 0.188. The van der Waals surface area contributed by atoms with E-state index in [2.05, 4.69) is 20.7 Å². The van der Waals surface area contributed by atoms with Crippen LogP contribution >= 0.6 is 15.9 Å². The molecule has 0 heterocycles. The van der Waals surface area contributed by atoms with Crippen molar-refractivity contribution >= 4 is 31.6 Å². The smallest absolute Gasteiger partial charge is 0.404 e. The number of benzene rings is 2. The normalized spacial score (nSPS) is 12.1. The van der Waals surface area contributed by atoms with E-state index in [1.807, 2.05) is 4.72 Å². The van der Waals surface area contributed by atoms with Gasteiger partial charge < -0.3 is 4.74 Å². The van der Waals surface area contributed by atoms with Crippen LogP contribution in [0.1, 0.15) is 5.56 Å². The van der Waals surface area contributed by atoms with E-state index in [1.54, 1.807) is 6.92 Å². The zero-order valence-corrected chi connectivity index (χ0v) is 14.4. The van der Waals surface area contributed by atoms with Crippen LogP contribution in [0.5, 0.6) is 5.75 Å². The largest absolute Gasteiger partial charge is 0.573 e. The lowest BCUT2D eigenvalue weighted by molar-refractivity contribution is -0.275. The molecule has 0 atom stereocenters. The topological polar surface area (TPSA) is 55.4 Å². The molecule has 0 fully saturated rings. The molecule has 0 aliphatic carbocycles. The van der Waals surface area contributed by atoms with Gasteiger partial charge in [-0.25, -0.2) is 12.8 Å². The molecule has 0 aliphatic heterocycles. The third kappa shape index (κ3) is 4.60. The molecule has 24 heavy (non-hydrogen) atoms. The fourth-order valence-corrected chi connectivity index (χ4v) is 3.33. The van der Waals surface area contributed by atoms with E-state index < -0.39 is 32.8 Å². The van der Waals surface area contributed by atoms with Gasteiger partial charge in [0.15, 0.2) is 5.75 Å². The monoisotopic (exact) mass is 427 g/mol. The van der Waals surface area contributed by atoms with Crippen LogP contribution in [0.25, 0.3) is 0 Å². The summed E-state index contributed by atoms with van der Waals surface area (Å²) < 4.78 is 81.7. The molecule has 2 rings (SSSR count). The summed E-state index contributed by atoms with van der Waals surface area (Å²) in [6.45, 7) is 1.61. The number of aryl methyl sites for hydroxylation is 1. The first kappa shape index (κ1) is 18.5. The maximum atomic E-state index is 13.7. The third-order valence-corrected chi connectivity index (χ3v) is 4.69. The number of alkyl halides is 3. The van der Waals surface area contributed by atoms with Crippen LogP contribution in [0, 0.1) is 12.7 Å². The average Bonchev–Trinajstić information content (AvgIpc) is 2.40. The molecule has 0 amide bonds. The predicted octanol–water partition coefficient (Wildman–Crippen LogP) is 4.60. The van der Waals surface area contributed by atoms with Crippen LogP contribution in [0.3, 0.4) is 0 Å². The van der Waals surface area contributed by atoms with Gasteiger partial charge in [-0.15, -0.1) is 13.2 Å². The van der Waals surface area contributed by atoms with Crippen molar-refractivity contribution in [3.8, 4) is 5.75 Å². The fourth-order valence-electron chi connectivity index (χ4n) is 1.83. The molecule has 0 radical (unpaired) electrons. The van der Waals surface area contributed by atoms with Gasteiger partial charge in [0, 0.05) is 4.47 Å². The van der Waals surface area contributed by atoms with Crippen LogP contribution in [0.2, 0.25) is 0 Å². The lowest BCUT2D eigenvalue weighted by Crippen LogP contribution is -2.21. The zero-order valence-electron chi connectivity index (χ0n) is 12.0. The van der Waals surface area contributed by atoms with Crippen molar-refractivity contribution in [3.05, 3.63) is 52.3 Å². The Labute approximate surface area is 143 Å². The molecule has 1 N–H and O–H groups in total. The Morgan fingerprint density at radius 2 is 1.79 bits per heavy atom. The number of anilines is 1. The standard InChI is InChI=1S/C14H10BrF4NO3S/c1-8-2-4-10(16)11(6-8)20-24(21,22)13-5-3-9(15)7-12(13)23-14(17,18)19/h2-7,20H,1H3. The second kappa shape index (κ2) is 6.60. The first-order valence-electron chi connectivity index (χ1n) is 6.32. The van der Waals surface area contributed by atoms with Crippen LogP contribution in [-0.4, -0.2) is 14.8 Å². The van der Waals surface area contributed by atoms with Crippen LogP contribution in [-0.2, 0) is 10.0 Å². The molecule has 0 aliphatic rings. The van der Waals surface area contributed by atoms with Crippen LogP contribution in [0.4, 0.5) is 23.2 Å². The number of nitrogens with one attached hydrogen (secondary N) is 1. The van der Waals surface area contributed by atoms with Gasteiger partial charge in [-0.2, -0.15) is 0 Å². The van der Waals surface area contributed by atoms with Gasteiger partial charge in [0.05, 0.1) is 5.69 Å². The molecule has 0 unspecified atom stereocenters.